The maximum Gasteiger partial charge on any atom is 0.280 e. The van der Waals surface area contributed by atoms with Crippen molar-refractivity contribution in [1.29, 1.82) is 0 Å². The molecule has 152 valence electrons. The molecule has 0 saturated carbocycles. The molecular weight excluding hydrogens is 390 g/mol. The summed E-state index contributed by atoms with van der Waals surface area (Å²) in [4.78, 5) is 30.1. The average molecular weight is 414 g/mol. The number of thiazole rings is 1. The van der Waals surface area contributed by atoms with Gasteiger partial charge in [-0.25, -0.2) is 9.97 Å². The largest absolute Gasteiger partial charge is 0.497 e. The topological polar surface area (TPSA) is 80.7 Å². The highest BCUT2D eigenvalue weighted by atomic mass is 32.1. The number of carbonyl (C=O) groups excluding carboxylic acids is 1. The van der Waals surface area contributed by atoms with Crippen molar-refractivity contribution in [2.24, 2.45) is 0 Å². The van der Waals surface area contributed by atoms with E-state index in [-0.39, 0.29) is 5.91 Å². The van der Waals surface area contributed by atoms with Crippen molar-refractivity contribution in [3.05, 3.63) is 42.5 Å². The van der Waals surface area contributed by atoms with Gasteiger partial charge in [-0.1, -0.05) is 11.3 Å². The molecule has 29 heavy (non-hydrogen) atoms. The number of aromatic nitrogens is 3. The van der Waals surface area contributed by atoms with Crippen molar-refractivity contribution in [1.82, 2.24) is 19.9 Å². The van der Waals surface area contributed by atoms with Gasteiger partial charge in [0.05, 0.1) is 36.7 Å². The van der Waals surface area contributed by atoms with E-state index < -0.39 is 0 Å². The van der Waals surface area contributed by atoms with E-state index in [2.05, 4.69) is 19.9 Å². The van der Waals surface area contributed by atoms with Crippen molar-refractivity contribution >= 4 is 32.6 Å². The lowest BCUT2D eigenvalue weighted by Crippen LogP contribution is -2.39. The number of hydrogen-bond donors (Lipinski definition) is 0. The first kappa shape index (κ1) is 19.7. The number of amides is 1. The van der Waals surface area contributed by atoms with Gasteiger partial charge in [0.2, 0.25) is 0 Å². The molecule has 0 radical (unpaired) electrons. The van der Waals surface area contributed by atoms with Crippen LogP contribution in [0.5, 0.6) is 5.75 Å². The fourth-order valence-electron chi connectivity index (χ4n) is 3.24. The second-order valence-electron chi connectivity index (χ2n) is 6.69. The zero-order valence-electron chi connectivity index (χ0n) is 16.3. The summed E-state index contributed by atoms with van der Waals surface area (Å²) in [6.45, 7) is 4.86. The van der Waals surface area contributed by atoms with Gasteiger partial charge in [0.15, 0.2) is 5.13 Å². The van der Waals surface area contributed by atoms with Gasteiger partial charge in [-0.2, -0.15) is 0 Å². The van der Waals surface area contributed by atoms with Crippen molar-refractivity contribution in [3.8, 4) is 5.75 Å². The third-order valence-electron chi connectivity index (χ3n) is 4.80. The normalized spacial score (nSPS) is 14.8. The number of carbonyl (C=O) groups is 1. The summed E-state index contributed by atoms with van der Waals surface area (Å²) < 4.78 is 11.7. The van der Waals surface area contributed by atoms with Crippen LogP contribution in [0, 0.1) is 0 Å². The summed E-state index contributed by atoms with van der Waals surface area (Å²) in [6, 6.07) is 5.72. The van der Waals surface area contributed by atoms with Crippen LogP contribution >= 0.6 is 11.3 Å². The molecule has 8 nitrogen and oxygen atoms in total. The molecule has 0 atom stereocenters. The highest BCUT2D eigenvalue weighted by Crippen LogP contribution is 2.32. The number of methoxy groups -OCH3 is 1. The average Bonchev–Trinajstić information content (AvgIpc) is 3.20. The van der Waals surface area contributed by atoms with Crippen molar-refractivity contribution in [2.45, 2.75) is 6.42 Å². The molecule has 0 unspecified atom stereocenters. The van der Waals surface area contributed by atoms with Gasteiger partial charge in [0, 0.05) is 38.6 Å². The van der Waals surface area contributed by atoms with Crippen LogP contribution in [0.1, 0.15) is 16.9 Å². The Hall–Kier alpha value is -2.62. The SMILES string of the molecule is COc1ccc2nc(N(CCCN3CCOCC3)C(=O)c3cnccn3)sc2c1. The van der Waals surface area contributed by atoms with Gasteiger partial charge >= 0.3 is 0 Å². The van der Waals surface area contributed by atoms with Crippen LogP contribution in [0.15, 0.2) is 36.8 Å². The molecule has 2 aromatic heterocycles. The molecule has 1 aromatic carbocycles. The van der Waals surface area contributed by atoms with Crippen LogP contribution in [-0.4, -0.2) is 72.3 Å². The molecule has 0 bridgehead atoms. The number of morpholine rings is 1. The summed E-state index contributed by atoms with van der Waals surface area (Å²) in [7, 11) is 1.64. The van der Waals surface area contributed by atoms with Crippen LogP contribution in [0.2, 0.25) is 0 Å². The van der Waals surface area contributed by atoms with E-state index in [4.69, 9.17) is 9.47 Å². The van der Waals surface area contributed by atoms with E-state index in [1.165, 1.54) is 23.7 Å². The smallest absolute Gasteiger partial charge is 0.280 e. The molecule has 3 aromatic rings. The lowest BCUT2D eigenvalue weighted by molar-refractivity contribution is 0.0376. The van der Waals surface area contributed by atoms with Gasteiger partial charge in [-0.3, -0.25) is 19.6 Å². The first-order chi connectivity index (χ1) is 14.2. The van der Waals surface area contributed by atoms with Crippen molar-refractivity contribution in [3.63, 3.8) is 0 Å². The van der Waals surface area contributed by atoms with Gasteiger partial charge < -0.3 is 9.47 Å². The molecular formula is C20H23N5O3S. The minimum atomic E-state index is -0.189. The van der Waals surface area contributed by atoms with E-state index >= 15 is 0 Å². The Morgan fingerprint density at radius 2 is 2.17 bits per heavy atom. The lowest BCUT2D eigenvalue weighted by Gasteiger charge is -2.27. The van der Waals surface area contributed by atoms with Crippen molar-refractivity contribution in [2.75, 3.05) is 51.4 Å². The number of anilines is 1. The maximum absolute atomic E-state index is 13.2. The second-order valence-corrected chi connectivity index (χ2v) is 7.69. The van der Waals surface area contributed by atoms with E-state index in [0.29, 0.717) is 17.4 Å². The molecule has 9 heteroatoms. The Labute approximate surface area is 173 Å². The molecule has 1 aliphatic heterocycles. The molecule has 4 rings (SSSR count). The summed E-state index contributed by atoms with van der Waals surface area (Å²) in [5.74, 6) is 0.581. The molecule has 1 amide bonds. The number of nitrogens with zero attached hydrogens (tertiary/aromatic N) is 5. The van der Waals surface area contributed by atoms with Crippen LogP contribution in [0.4, 0.5) is 5.13 Å². The Bertz CT molecular complexity index is 959. The predicted octanol–water partition coefficient (Wildman–Crippen LogP) is 2.46. The number of benzene rings is 1. The lowest BCUT2D eigenvalue weighted by atomic mass is 10.3. The maximum atomic E-state index is 13.2. The number of ether oxygens (including phenoxy) is 2. The summed E-state index contributed by atoms with van der Waals surface area (Å²) in [6.07, 6.45) is 5.42. The number of hydrogen-bond acceptors (Lipinski definition) is 8. The van der Waals surface area contributed by atoms with E-state index in [1.54, 1.807) is 18.2 Å². The van der Waals surface area contributed by atoms with E-state index in [0.717, 1.165) is 55.2 Å². The minimum Gasteiger partial charge on any atom is -0.497 e. The fraction of sp³-hybridized carbons (Fsp3) is 0.400. The van der Waals surface area contributed by atoms with Gasteiger partial charge in [-0.05, 0) is 24.6 Å². The molecule has 1 aliphatic rings. The predicted molar refractivity (Wildman–Crippen MR) is 112 cm³/mol. The molecule has 0 N–H and O–H groups in total. The first-order valence-corrected chi connectivity index (χ1v) is 10.4. The Kier molecular flexibility index (Phi) is 6.28. The van der Waals surface area contributed by atoms with Gasteiger partial charge in [-0.15, -0.1) is 0 Å². The Morgan fingerprint density at radius 3 is 2.93 bits per heavy atom. The molecule has 0 aliphatic carbocycles. The quantitative estimate of drug-likeness (QED) is 0.589. The monoisotopic (exact) mass is 413 g/mol. The number of rotatable bonds is 7. The van der Waals surface area contributed by atoms with E-state index in [1.807, 2.05) is 18.2 Å². The van der Waals surface area contributed by atoms with E-state index in [9.17, 15) is 4.79 Å². The third-order valence-corrected chi connectivity index (χ3v) is 5.84. The number of fused-ring (bicyclic) bond motifs is 1. The summed E-state index contributed by atoms with van der Waals surface area (Å²) in [5.41, 5.74) is 1.16. The summed E-state index contributed by atoms with van der Waals surface area (Å²) in [5, 5.41) is 0.658. The first-order valence-electron chi connectivity index (χ1n) is 9.57. The Morgan fingerprint density at radius 1 is 1.31 bits per heavy atom. The van der Waals surface area contributed by atoms with Crippen molar-refractivity contribution < 1.29 is 14.3 Å². The van der Waals surface area contributed by atoms with Crippen LogP contribution in [0.25, 0.3) is 10.2 Å². The van der Waals surface area contributed by atoms with Gasteiger partial charge in [0.25, 0.3) is 5.91 Å². The van der Waals surface area contributed by atoms with Crippen LogP contribution in [0.3, 0.4) is 0 Å². The zero-order chi connectivity index (χ0) is 20.1. The minimum absolute atomic E-state index is 0.189. The van der Waals surface area contributed by atoms with Gasteiger partial charge in [0.1, 0.15) is 11.4 Å². The molecule has 3 heterocycles. The van der Waals surface area contributed by atoms with Crippen LogP contribution in [-0.2, 0) is 4.74 Å². The third kappa shape index (κ3) is 4.69. The molecule has 0 spiro atoms. The Balaban J connectivity index is 1.56. The highest BCUT2D eigenvalue weighted by molar-refractivity contribution is 7.22. The van der Waals surface area contributed by atoms with Crippen LogP contribution < -0.4 is 9.64 Å². The molecule has 1 fully saturated rings. The standard InChI is InChI=1S/C20H23N5O3S/c1-27-15-3-4-16-18(13-15)29-20(23-16)25(19(26)17-14-21-5-6-22-17)8-2-7-24-9-11-28-12-10-24/h3-6,13-14H,2,7-12H2,1H3. The zero-order valence-corrected chi connectivity index (χ0v) is 17.1. The highest BCUT2D eigenvalue weighted by Gasteiger charge is 2.23. The summed E-state index contributed by atoms with van der Waals surface area (Å²) >= 11 is 1.48. The molecule has 1 saturated heterocycles. The second kappa shape index (κ2) is 9.25. The fourth-order valence-corrected chi connectivity index (χ4v) is 4.26.